The maximum atomic E-state index is 13.1. The summed E-state index contributed by atoms with van der Waals surface area (Å²) in [6, 6.07) is 4.30. The summed E-state index contributed by atoms with van der Waals surface area (Å²) in [5.74, 6) is -1.10. The van der Waals surface area contributed by atoms with Gasteiger partial charge in [0.2, 0.25) is 0 Å². The van der Waals surface area contributed by atoms with E-state index in [0.29, 0.717) is 0 Å². The first kappa shape index (κ1) is 15.8. The fourth-order valence-corrected chi connectivity index (χ4v) is 2.38. The third-order valence-electron chi connectivity index (χ3n) is 3.12. The van der Waals surface area contributed by atoms with Gasteiger partial charge in [0.1, 0.15) is 0 Å². The number of carbonyl (C=O) groups is 1. The molecule has 0 aromatic heterocycles. The number of aryl methyl sites for hydroxylation is 1. The van der Waals surface area contributed by atoms with Crippen LogP contribution in [0.2, 0.25) is 5.02 Å². The van der Waals surface area contributed by atoms with Crippen LogP contribution >= 0.6 is 11.6 Å². The van der Waals surface area contributed by atoms with E-state index in [0.717, 1.165) is 5.56 Å². The first-order chi connectivity index (χ1) is 9.56. The SMILES string of the molecule is CC1=NN(C(=O)c2ccc(C)cc2Cl)[C@@](O)(C(F)(F)F)C1. The molecule has 8 heteroatoms. The van der Waals surface area contributed by atoms with Crippen LogP contribution in [0, 0.1) is 6.92 Å². The second kappa shape index (κ2) is 4.99. The smallest absolute Gasteiger partial charge is 0.362 e. The second-order valence-electron chi connectivity index (χ2n) is 4.93. The van der Waals surface area contributed by atoms with Gasteiger partial charge in [-0.25, -0.2) is 0 Å². The molecule has 1 aliphatic heterocycles. The predicted octanol–water partition coefficient (Wildman–Crippen LogP) is 3.12. The fourth-order valence-electron chi connectivity index (χ4n) is 2.06. The van der Waals surface area contributed by atoms with Gasteiger partial charge >= 0.3 is 6.18 Å². The summed E-state index contributed by atoms with van der Waals surface area (Å²) in [6.07, 6.45) is -5.81. The Balaban J connectivity index is 2.46. The zero-order chi connectivity index (χ0) is 16.0. The van der Waals surface area contributed by atoms with Crippen LogP contribution in [-0.4, -0.2) is 33.6 Å². The van der Waals surface area contributed by atoms with Gasteiger partial charge in [-0.05, 0) is 31.5 Å². The number of rotatable bonds is 1. The summed E-state index contributed by atoms with van der Waals surface area (Å²) in [7, 11) is 0. The first-order valence-corrected chi connectivity index (χ1v) is 6.38. The van der Waals surface area contributed by atoms with Gasteiger partial charge in [0, 0.05) is 12.1 Å². The quantitative estimate of drug-likeness (QED) is 0.864. The highest BCUT2D eigenvalue weighted by atomic mass is 35.5. The van der Waals surface area contributed by atoms with Crippen LogP contribution in [0.1, 0.15) is 29.3 Å². The monoisotopic (exact) mass is 320 g/mol. The number of carbonyl (C=O) groups excluding carboxylic acids is 1. The van der Waals surface area contributed by atoms with Crippen molar-refractivity contribution in [3.05, 3.63) is 34.3 Å². The van der Waals surface area contributed by atoms with E-state index in [1.165, 1.54) is 19.1 Å². The molecule has 1 aromatic carbocycles. The number of hydrogen-bond donors (Lipinski definition) is 1. The van der Waals surface area contributed by atoms with Gasteiger partial charge in [0.15, 0.2) is 0 Å². The lowest BCUT2D eigenvalue weighted by Gasteiger charge is -2.32. The van der Waals surface area contributed by atoms with Gasteiger partial charge in [-0.3, -0.25) is 4.79 Å². The molecule has 0 radical (unpaired) electrons. The summed E-state index contributed by atoms with van der Waals surface area (Å²) in [6.45, 7) is 3.03. The zero-order valence-corrected chi connectivity index (χ0v) is 12.0. The molecule has 1 N–H and O–H groups in total. The molecule has 4 nitrogen and oxygen atoms in total. The maximum absolute atomic E-state index is 13.1. The molecule has 1 aliphatic rings. The lowest BCUT2D eigenvalue weighted by Crippen LogP contribution is -2.56. The van der Waals surface area contributed by atoms with Crippen LogP contribution in [0.3, 0.4) is 0 Å². The molecule has 1 atom stereocenters. The van der Waals surface area contributed by atoms with E-state index in [9.17, 15) is 23.1 Å². The third kappa shape index (κ3) is 2.63. The number of halogens is 4. The van der Waals surface area contributed by atoms with E-state index in [-0.39, 0.29) is 21.3 Å². The average Bonchev–Trinajstić information content (AvgIpc) is 2.64. The van der Waals surface area contributed by atoms with Crippen molar-refractivity contribution >= 4 is 23.2 Å². The standard InChI is InChI=1S/C13H12ClF3N2O2/c1-7-3-4-9(10(14)5-7)11(20)19-12(21,13(15,16)17)6-8(2)18-19/h3-5,21H,6H2,1-2H3/t12-/m0/s1. The van der Waals surface area contributed by atoms with Crippen LogP contribution < -0.4 is 0 Å². The molecular weight excluding hydrogens is 309 g/mol. The molecule has 0 aliphatic carbocycles. The lowest BCUT2D eigenvalue weighted by molar-refractivity contribution is -0.297. The lowest BCUT2D eigenvalue weighted by atomic mass is 10.1. The molecule has 21 heavy (non-hydrogen) atoms. The molecule has 0 spiro atoms. The van der Waals surface area contributed by atoms with Gasteiger partial charge in [-0.15, -0.1) is 0 Å². The number of amides is 1. The van der Waals surface area contributed by atoms with Crippen molar-refractivity contribution in [3.8, 4) is 0 Å². The summed E-state index contributed by atoms with van der Waals surface area (Å²) in [5, 5.41) is 13.4. The van der Waals surface area contributed by atoms with Gasteiger partial charge in [0.25, 0.3) is 11.6 Å². The largest absolute Gasteiger partial charge is 0.438 e. The highest BCUT2D eigenvalue weighted by molar-refractivity contribution is 6.34. The van der Waals surface area contributed by atoms with Gasteiger partial charge in [0.05, 0.1) is 10.6 Å². The molecule has 0 saturated heterocycles. The van der Waals surface area contributed by atoms with Crippen molar-refractivity contribution in [2.45, 2.75) is 32.2 Å². The van der Waals surface area contributed by atoms with Crippen LogP contribution in [0.25, 0.3) is 0 Å². The van der Waals surface area contributed by atoms with Crippen molar-refractivity contribution < 1.29 is 23.1 Å². The normalized spacial score (nSPS) is 22.4. The minimum Gasteiger partial charge on any atom is -0.362 e. The summed E-state index contributed by atoms with van der Waals surface area (Å²) < 4.78 is 39.2. The van der Waals surface area contributed by atoms with Crippen molar-refractivity contribution in [2.24, 2.45) is 5.10 Å². The first-order valence-electron chi connectivity index (χ1n) is 6.00. The van der Waals surface area contributed by atoms with E-state index in [4.69, 9.17) is 11.6 Å². The topological polar surface area (TPSA) is 52.9 Å². The Kier molecular flexibility index (Phi) is 3.75. The van der Waals surface area contributed by atoms with Crippen molar-refractivity contribution in [3.63, 3.8) is 0 Å². The van der Waals surface area contributed by atoms with Crippen LogP contribution in [0.4, 0.5) is 13.2 Å². The molecule has 0 saturated carbocycles. The predicted molar refractivity (Wildman–Crippen MR) is 71.1 cm³/mol. The van der Waals surface area contributed by atoms with Crippen molar-refractivity contribution in [2.75, 3.05) is 0 Å². The Labute approximate surface area is 123 Å². The third-order valence-corrected chi connectivity index (χ3v) is 3.44. The molecule has 114 valence electrons. The highest BCUT2D eigenvalue weighted by Gasteiger charge is 2.62. The fraction of sp³-hybridized carbons (Fsp3) is 0.385. The second-order valence-corrected chi connectivity index (χ2v) is 5.33. The molecule has 0 fully saturated rings. The zero-order valence-electron chi connectivity index (χ0n) is 11.2. The summed E-state index contributed by atoms with van der Waals surface area (Å²) >= 11 is 5.89. The molecule has 2 rings (SSSR count). The number of benzene rings is 1. The van der Waals surface area contributed by atoms with E-state index in [2.05, 4.69) is 5.10 Å². The van der Waals surface area contributed by atoms with E-state index in [1.807, 2.05) is 0 Å². The van der Waals surface area contributed by atoms with E-state index < -0.39 is 24.2 Å². The van der Waals surface area contributed by atoms with E-state index in [1.54, 1.807) is 13.0 Å². The van der Waals surface area contributed by atoms with E-state index >= 15 is 0 Å². The number of hydrazone groups is 1. The summed E-state index contributed by atoms with van der Waals surface area (Å²) in [4.78, 5) is 12.3. The van der Waals surface area contributed by atoms with Gasteiger partial charge < -0.3 is 5.11 Å². The Morgan fingerprint density at radius 2 is 2.05 bits per heavy atom. The maximum Gasteiger partial charge on any atom is 0.438 e. The molecule has 1 amide bonds. The van der Waals surface area contributed by atoms with Crippen molar-refractivity contribution in [1.29, 1.82) is 0 Å². The Morgan fingerprint density at radius 3 is 2.57 bits per heavy atom. The highest BCUT2D eigenvalue weighted by Crippen LogP contribution is 2.41. The number of aliphatic hydroxyl groups is 1. The van der Waals surface area contributed by atoms with Gasteiger partial charge in [-0.2, -0.15) is 23.3 Å². The van der Waals surface area contributed by atoms with Crippen molar-refractivity contribution in [1.82, 2.24) is 5.01 Å². The number of alkyl halides is 3. The minimum atomic E-state index is -5.03. The molecule has 1 heterocycles. The van der Waals surface area contributed by atoms with Crippen LogP contribution in [0.5, 0.6) is 0 Å². The summed E-state index contributed by atoms with van der Waals surface area (Å²) in [5.41, 5.74) is -2.74. The minimum absolute atomic E-state index is 0.00396. The Bertz CT molecular complexity index is 630. The van der Waals surface area contributed by atoms with Crippen LogP contribution in [0.15, 0.2) is 23.3 Å². The molecule has 1 aromatic rings. The van der Waals surface area contributed by atoms with Crippen LogP contribution in [-0.2, 0) is 0 Å². The molecular formula is C13H12ClF3N2O2. The van der Waals surface area contributed by atoms with Gasteiger partial charge in [-0.1, -0.05) is 17.7 Å². The molecule has 0 bridgehead atoms. The number of nitrogens with zero attached hydrogens (tertiary/aromatic N) is 2. The Hall–Kier alpha value is -1.60. The average molecular weight is 321 g/mol. The molecule has 0 unspecified atom stereocenters. The Morgan fingerprint density at radius 1 is 1.43 bits per heavy atom. The number of hydrogen-bond acceptors (Lipinski definition) is 3.